The van der Waals surface area contributed by atoms with Crippen molar-refractivity contribution < 1.29 is 28.2 Å². The molecule has 0 bridgehead atoms. The molecular weight excluding hydrogens is 483 g/mol. The lowest BCUT2D eigenvalue weighted by Gasteiger charge is -2.11. The van der Waals surface area contributed by atoms with E-state index in [1.807, 2.05) is 6.07 Å². The fourth-order valence-electron chi connectivity index (χ4n) is 4.17. The zero-order valence-corrected chi connectivity index (χ0v) is 19.0. The quantitative estimate of drug-likeness (QED) is 0.238. The van der Waals surface area contributed by atoms with Crippen molar-refractivity contribution in [3.63, 3.8) is 0 Å². The molecule has 0 aliphatic heterocycles. The van der Waals surface area contributed by atoms with Crippen LogP contribution in [-0.4, -0.2) is 20.7 Å². The van der Waals surface area contributed by atoms with Crippen LogP contribution in [0.15, 0.2) is 107 Å². The standard InChI is InChI=1S/C28H18F3N3O3/c29-28(30,31)18-10-6-11-19(16-18)34-23-15-5-4-12-21(23)25(26(34)35)33-32-24-20(17-8-2-1-3-9-17)13-7-14-22(24)27(36)37/h1-16,35H,(H,36,37). The van der Waals surface area contributed by atoms with E-state index in [1.165, 1.54) is 22.8 Å². The molecule has 9 heteroatoms. The summed E-state index contributed by atoms with van der Waals surface area (Å²) in [6.45, 7) is 0. The monoisotopic (exact) mass is 501 g/mol. The molecule has 4 aromatic carbocycles. The Labute approximate surface area is 208 Å². The second kappa shape index (κ2) is 9.27. The molecule has 0 atom stereocenters. The van der Waals surface area contributed by atoms with Crippen LogP contribution in [0.5, 0.6) is 5.88 Å². The molecule has 5 rings (SSSR count). The van der Waals surface area contributed by atoms with E-state index in [9.17, 15) is 28.2 Å². The van der Waals surface area contributed by atoms with Crippen molar-refractivity contribution in [3.8, 4) is 22.7 Å². The van der Waals surface area contributed by atoms with E-state index >= 15 is 0 Å². The molecule has 5 aromatic rings. The van der Waals surface area contributed by atoms with Crippen LogP contribution in [0.25, 0.3) is 27.7 Å². The fourth-order valence-corrected chi connectivity index (χ4v) is 4.17. The molecule has 184 valence electrons. The summed E-state index contributed by atoms with van der Waals surface area (Å²) in [5.41, 5.74) is 0.840. The number of aromatic nitrogens is 1. The van der Waals surface area contributed by atoms with E-state index in [0.29, 0.717) is 16.5 Å². The van der Waals surface area contributed by atoms with Gasteiger partial charge in [0.1, 0.15) is 5.69 Å². The smallest absolute Gasteiger partial charge is 0.416 e. The Hall–Kier alpha value is -4.92. The lowest BCUT2D eigenvalue weighted by molar-refractivity contribution is -0.137. The number of benzene rings is 4. The first-order valence-electron chi connectivity index (χ1n) is 11.1. The number of alkyl halides is 3. The second-order valence-corrected chi connectivity index (χ2v) is 8.15. The molecule has 0 aliphatic rings. The fraction of sp³-hybridized carbons (Fsp3) is 0.0357. The van der Waals surface area contributed by atoms with Crippen molar-refractivity contribution in [2.24, 2.45) is 10.2 Å². The summed E-state index contributed by atoms with van der Waals surface area (Å²) < 4.78 is 41.3. The Morgan fingerprint density at radius 1 is 0.784 bits per heavy atom. The van der Waals surface area contributed by atoms with Crippen molar-refractivity contribution >= 4 is 28.2 Å². The van der Waals surface area contributed by atoms with E-state index in [1.54, 1.807) is 60.7 Å². The van der Waals surface area contributed by atoms with Crippen LogP contribution in [0.2, 0.25) is 0 Å². The second-order valence-electron chi connectivity index (χ2n) is 8.15. The van der Waals surface area contributed by atoms with Gasteiger partial charge >= 0.3 is 12.1 Å². The van der Waals surface area contributed by atoms with Crippen LogP contribution in [-0.2, 0) is 6.18 Å². The van der Waals surface area contributed by atoms with Crippen LogP contribution in [0.3, 0.4) is 0 Å². The Bertz CT molecular complexity index is 1660. The zero-order valence-electron chi connectivity index (χ0n) is 19.0. The number of halogens is 3. The molecule has 1 heterocycles. The van der Waals surface area contributed by atoms with Gasteiger partial charge in [-0.2, -0.15) is 13.2 Å². The molecule has 0 radical (unpaired) electrons. The summed E-state index contributed by atoms with van der Waals surface area (Å²) in [4.78, 5) is 12.0. The summed E-state index contributed by atoms with van der Waals surface area (Å²) in [7, 11) is 0. The average Bonchev–Trinajstić information content (AvgIpc) is 3.18. The zero-order chi connectivity index (χ0) is 26.2. The number of carbonyl (C=O) groups is 1. The number of rotatable bonds is 5. The molecule has 0 fully saturated rings. The molecule has 1 aromatic heterocycles. The number of para-hydroxylation sites is 1. The van der Waals surface area contributed by atoms with Crippen molar-refractivity contribution in [1.29, 1.82) is 0 Å². The summed E-state index contributed by atoms with van der Waals surface area (Å²) in [5, 5.41) is 29.8. The maximum absolute atomic E-state index is 13.3. The van der Waals surface area contributed by atoms with Gasteiger partial charge in [-0.15, -0.1) is 10.2 Å². The van der Waals surface area contributed by atoms with Crippen LogP contribution in [0, 0.1) is 0 Å². The number of carboxylic acids is 1. The number of aromatic carboxylic acids is 1. The number of hydrogen-bond acceptors (Lipinski definition) is 4. The molecule has 6 nitrogen and oxygen atoms in total. The van der Waals surface area contributed by atoms with Crippen LogP contribution < -0.4 is 0 Å². The molecule has 2 N–H and O–H groups in total. The molecule has 0 saturated heterocycles. The van der Waals surface area contributed by atoms with Crippen molar-refractivity contribution in [1.82, 2.24) is 4.57 Å². The average molecular weight is 501 g/mol. The van der Waals surface area contributed by atoms with E-state index in [4.69, 9.17) is 0 Å². The predicted molar refractivity (Wildman–Crippen MR) is 133 cm³/mol. The SMILES string of the molecule is O=C(O)c1cccc(-c2ccccc2)c1N=Nc1c(O)n(-c2cccc(C(F)(F)F)c2)c2ccccc12. The third-order valence-corrected chi connectivity index (χ3v) is 5.86. The van der Waals surface area contributed by atoms with E-state index in [0.717, 1.165) is 17.7 Å². The molecule has 0 aliphatic carbocycles. The predicted octanol–water partition coefficient (Wildman–Crippen LogP) is 8.14. The van der Waals surface area contributed by atoms with Crippen molar-refractivity contribution in [3.05, 3.63) is 108 Å². The van der Waals surface area contributed by atoms with Gasteiger partial charge in [-0.1, -0.05) is 66.7 Å². The molecular formula is C28H18F3N3O3. The largest absolute Gasteiger partial charge is 0.493 e. The van der Waals surface area contributed by atoms with E-state index in [-0.39, 0.29) is 22.6 Å². The number of azo groups is 1. The van der Waals surface area contributed by atoms with Gasteiger partial charge in [-0.3, -0.25) is 4.57 Å². The molecule has 0 saturated carbocycles. The lowest BCUT2D eigenvalue weighted by atomic mass is 10.0. The van der Waals surface area contributed by atoms with Crippen molar-refractivity contribution in [2.75, 3.05) is 0 Å². The Morgan fingerprint density at radius 3 is 2.19 bits per heavy atom. The summed E-state index contributed by atoms with van der Waals surface area (Å²) in [6.07, 6.45) is -4.56. The van der Waals surface area contributed by atoms with Gasteiger partial charge in [0.05, 0.1) is 16.6 Å². The third-order valence-electron chi connectivity index (χ3n) is 5.86. The minimum atomic E-state index is -4.56. The highest BCUT2D eigenvalue weighted by molar-refractivity contribution is 5.99. The minimum Gasteiger partial charge on any atom is -0.493 e. The van der Waals surface area contributed by atoms with Gasteiger partial charge in [-0.25, -0.2) is 4.79 Å². The first-order valence-corrected chi connectivity index (χ1v) is 11.1. The summed E-state index contributed by atoms with van der Waals surface area (Å²) >= 11 is 0. The molecule has 37 heavy (non-hydrogen) atoms. The highest BCUT2D eigenvalue weighted by atomic mass is 19.4. The molecule has 0 amide bonds. The summed E-state index contributed by atoms with van der Waals surface area (Å²) in [6, 6.07) is 25.0. The number of carboxylic acid groups (broad SMARTS) is 1. The number of aromatic hydroxyl groups is 1. The Morgan fingerprint density at radius 2 is 1.46 bits per heavy atom. The van der Waals surface area contributed by atoms with Crippen molar-refractivity contribution in [2.45, 2.75) is 6.18 Å². The van der Waals surface area contributed by atoms with Gasteiger partial charge in [0.15, 0.2) is 5.69 Å². The number of fused-ring (bicyclic) bond motifs is 1. The number of nitrogens with zero attached hydrogens (tertiary/aromatic N) is 3. The molecule has 0 spiro atoms. The first-order chi connectivity index (χ1) is 17.8. The van der Waals surface area contributed by atoms with Crippen LogP contribution in [0.1, 0.15) is 15.9 Å². The minimum absolute atomic E-state index is 0.00721. The Kier molecular flexibility index (Phi) is 5.96. The van der Waals surface area contributed by atoms with Gasteiger partial charge in [0, 0.05) is 16.6 Å². The maximum atomic E-state index is 13.3. The Balaban J connectivity index is 1.70. The first kappa shape index (κ1) is 23.8. The van der Waals surface area contributed by atoms with Gasteiger partial charge in [0.2, 0.25) is 5.88 Å². The molecule has 0 unspecified atom stereocenters. The van der Waals surface area contributed by atoms with Gasteiger partial charge in [0.25, 0.3) is 0 Å². The third kappa shape index (κ3) is 4.42. The van der Waals surface area contributed by atoms with E-state index in [2.05, 4.69) is 10.2 Å². The highest BCUT2D eigenvalue weighted by Gasteiger charge is 2.31. The lowest BCUT2D eigenvalue weighted by Crippen LogP contribution is -2.05. The van der Waals surface area contributed by atoms with E-state index < -0.39 is 23.6 Å². The highest BCUT2D eigenvalue weighted by Crippen LogP contribution is 2.43. The maximum Gasteiger partial charge on any atom is 0.416 e. The van der Waals surface area contributed by atoms with Crippen LogP contribution >= 0.6 is 0 Å². The summed E-state index contributed by atoms with van der Waals surface area (Å²) in [5.74, 6) is -1.64. The van der Waals surface area contributed by atoms with Crippen LogP contribution in [0.4, 0.5) is 24.5 Å². The van der Waals surface area contributed by atoms with Gasteiger partial charge < -0.3 is 10.2 Å². The normalized spacial score (nSPS) is 11.9. The topological polar surface area (TPSA) is 87.2 Å². The van der Waals surface area contributed by atoms with Gasteiger partial charge in [-0.05, 0) is 35.9 Å². The number of hydrogen-bond donors (Lipinski definition) is 2.